The molecule has 0 atom stereocenters. The molecule has 0 aromatic rings. The molecule has 0 heterocycles. The Labute approximate surface area is 170 Å². The van der Waals surface area contributed by atoms with Crippen LogP contribution in [0.3, 0.4) is 0 Å². The van der Waals surface area contributed by atoms with E-state index in [9.17, 15) is 4.79 Å². The summed E-state index contributed by atoms with van der Waals surface area (Å²) in [6.07, 6.45) is 11.8. The molecule has 0 bridgehead atoms. The summed E-state index contributed by atoms with van der Waals surface area (Å²) in [5.74, 6) is 1.01. The molecule has 3 N–H and O–H groups in total. The summed E-state index contributed by atoms with van der Waals surface area (Å²) in [7, 11) is 0. The molecule has 5 nitrogen and oxygen atoms in total. The van der Waals surface area contributed by atoms with Crippen LogP contribution in [-0.4, -0.2) is 37.5 Å². The van der Waals surface area contributed by atoms with Crippen LogP contribution >= 0.6 is 24.0 Å². The van der Waals surface area contributed by atoms with Gasteiger partial charge in [0.25, 0.3) is 0 Å². The number of aliphatic imine (C=N–C) groups is 1. The maximum absolute atomic E-state index is 12.1. The molecule has 2 saturated carbocycles. The van der Waals surface area contributed by atoms with Gasteiger partial charge < -0.3 is 16.0 Å². The number of hydrogen-bond donors (Lipinski definition) is 3. The fourth-order valence-corrected chi connectivity index (χ4v) is 3.73. The van der Waals surface area contributed by atoms with Gasteiger partial charge in [0.15, 0.2) is 5.96 Å². The van der Waals surface area contributed by atoms with E-state index in [1.165, 1.54) is 44.9 Å². The van der Waals surface area contributed by atoms with Gasteiger partial charge in [-0.1, -0.05) is 32.6 Å². The number of guanidine groups is 1. The Bertz CT molecular complexity index is 412. The van der Waals surface area contributed by atoms with Crippen molar-refractivity contribution in [2.75, 3.05) is 19.6 Å². The molecule has 0 unspecified atom stereocenters. The van der Waals surface area contributed by atoms with Gasteiger partial charge in [-0.15, -0.1) is 24.0 Å². The largest absolute Gasteiger partial charge is 0.357 e. The Morgan fingerprint density at radius 1 is 1.08 bits per heavy atom. The number of halogens is 1. The summed E-state index contributed by atoms with van der Waals surface area (Å²) in [4.78, 5) is 16.8. The van der Waals surface area contributed by atoms with Crippen LogP contribution in [0.5, 0.6) is 0 Å². The van der Waals surface area contributed by atoms with Crippen LogP contribution in [-0.2, 0) is 4.79 Å². The molecule has 0 radical (unpaired) electrons. The van der Waals surface area contributed by atoms with Crippen LogP contribution < -0.4 is 16.0 Å². The maximum atomic E-state index is 12.1. The fraction of sp³-hybridized carbons (Fsp3) is 0.895. The summed E-state index contributed by atoms with van der Waals surface area (Å²) in [5, 5.41) is 9.77. The molecule has 2 rings (SSSR count). The van der Waals surface area contributed by atoms with Crippen molar-refractivity contribution in [1.29, 1.82) is 0 Å². The van der Waals surface area contributed by atoms with E-state index in [-0.39, 0.29) is 29.9 Å². The molecule has 0 aliphatic heterocycles. The molecular formula is C19H37IN4O. The number of nitrogens with one attached hydrogen (secondary N) is 3. The smallest absolute Gasteiger partial charge is 0.221 e. The standard InChI is InChI=1S/C19H36N4O.HI/c1-3-19(12-8-13-19)15-22-18(20-4-2)21-14-11-17(24)23-16-9-6-5-7-10-16;/h16H,3-15H2,1-2H3,(H,23,24)(H2,20,21,22);1H. The van der Waals surface area contributed by atoms with Crippen LogP contribution in [0, 0.1) is 5.41 Å². The molecule has 0 aromatic heterocycles. The van der Waals surface area contributed by atoms with Gasteiger partial charge in [-0.25, -0.2) is 0 Å². The first kappa shape index (κ1) is 22.5. The van der Waals surface area contributed by atoms with Crippen molar-refractivity contribution in [3.8, 4) is 0 Å². The predicted octanol–water partition coefficient (Wildman–Crippen LogP) is 3.58. The quantitative estimate of drug-likeness (QED) is 0.292. The van der Waals surface area contributed by atoms with Crippen LogP contribution in [0.15, 0.2) is 4.99 Å². The van der Waals surface area contributed by atoms with E-state index in [2.05, 4.69) is 29.8 Å². The summed E-state index contributed by atoms with van der Waals surface area (Å²) >= 11 is 0. The minimum Gasteiger partial charge on any atom is -0.357 e. The molecular weight excluding hydrogens is 427 g/mol. The van der Waals surface area contributed by atoms with Gasteiger partial charge in [-0.2, -0.15) is 0 Å². The maximum Gasteiger partial charge on any atom is 0.221 e. The van der Waals surface area contributed by atoms with Crippen molar-refractivity contribution in [2.45, 2.75) is 84.1 Å². The number of carbonyl (C=O) groups is 1. The highest BCUT2D eigenvalue weighted by Gasteiger charge is 2.34. The van der Waals surface area contributed by atoms with Crippen LogP contribution in [0.1, 0.15) is 78.1 Å². The van der Waals surface area contributed by atoms with Crippen molar-refractivity contribution in [1.82, 2.24) is 16.0 Å². The lowest BCUT2D eigenvalue weighted by Gasteiger charge is -2.40. The van der Waals surface area contributed by atoms with Gasteiger partial charge in [-0.05, 0) is 44.4 Å². The summed E-state index contributed by atoms with van der Waals surface area (Å²) < 4.78 is 0. The van der Waals surface area contributed by atoms with E-state index in [0.717, 1.165) is 31.9 Å². The zero-order chi connectivity index (χ0) is 17.3. The molecule has 0 spiro atoms. The van der Waals surface area contributed by atoms with Gasteiger partial charge in [0.1, 0.15) is 0 Å². The topological polar surface area (TPSA) is 65.5 Å². The normalized spacial score (nSPS) is 20.2. The van der Waals surface area contributed by atoms with E-state index in [1.54, 1.807) is 0 Å². The molecule has 6 heteroatoms. The number of rotatable bonds is 8. The summed E-state index contributed by atoms with van der Waals surface area (Å²) in [6.45, 7) is 6.73. The first-order valence-corrected chi connectivity index (χ1v) is 9.99. The molecule has 1 amide bonds. The highest BCUT2D eigenvalue weighted by molar-refractivity contribution is 14.0. The first-order chi connectivity index (χ1) is 11.7. The Balaban J connectivity index is 0.00000312. The molecule has 25 heavy (non-hydrogen) atoms. The van der Waals surface area contributed by atoms with Gasteiger partial charge in [-0.3, -0.25) is 9.79 Å². The minimum atomic E-state index is 0. The Morgan fingerprint density at radius 3 is 2.36 bits per heavy atom. The number of carbonyl (C=O) groups excluding carboxylic acids is 1. The lowest BCUT2D eigenvalue weighted by Crippen LogP contribution is -2.42. The molecule has 2 aliphatic carbocycles. The lowest BCUT2D eigenvalue weighted by molar-refractivity contribution is -0.121. The van der Waals surface area contributed by atoms with Crippen molar-refractivity contribution in [3.63, 3.8) is 0 Å². The summed E-state index contributed by atoms with van der Waals surface area (Å²) in [5.41, 5.74) is 0.431. The molecule has 2 fully saturated rings. The Morgan fingerprint density at radius 2 is 1.80 bits per heavy atom. The summed E-state index contributed by atoms with van der Waals surface area (Å²) in [6, 6.07) is 0.399. The number of hydrogen-bond acceptors (Lipinski definition) is 2. The third-order valence-electron chi connectivity index (χ3n) is 5.70. The first-order valence-electron chi connectivity index (χ1n) is 9.99. The lowest BCUT2D eigenvalue weighted by atomic mass is 9.67. The van der Waals surface area contributed by atoms with E-state index >= 15 is 0 Å². The predicted molar refractivity (Wildman–Crippen MR) is 116 cm³/mol. The Hall–Kier alpha value is -0.530. The minimum absolute atomic E-state index is 0. The van der Waals surface area contributed by atoms with Gasteiger partial charge in [0.2, 0.25) is 5.91 Å². The highest BCUT2D eigenvalue weighted by atomic mass is 127. The van der Waals surface area contributed by atoms with Crippen LogP contribution in [0.25, 0.3) is 0 Å². The van der Waals surface area contributed by atoms with Crippen LogP contribution in [0.2, 0.25) is 0 Å². The van der Waals surface area contributed by atoms with E-state index in [0.29, 0.717) is 24.4 Å². The third-order valence-corrected chi connectivity index (χ3v) is 5.70. The Kier molecular flexibility index (Phi) is 10.8. The third kappa shape index (κ3) is 7.71. The zero-order valence-corrected chi connectivity index (χ0v) is 18.4. The molecule has 0 saturated heterocycles. The van der Waals surface area contributed by atoms with Gasteiger partial charge in [0, 0.05) is 32.1 Å². The second kappa shape index (κ2) is 12.0. The molecule has 146 valence electrons. The fourth-order valence-electron chi connectivity index (χ4n) is 3.73. The SMILES string of the molecule is CCNC(=NCC1(CC)CCC1)NCCC(=O)NC1CCCCC1.I. The second-order valence-corrected chi connectivity index (χ2v) is 7.48. The van der Waals surface area contributed by atoms with E-state index in [4.69, 9.17) is 4.99 Å². The molecule has 0 aromatic carbocycles. The van der Waals surface area contributed by atoms with Crippen LogP contribution in [0.4, 0.5) is 0 Å². The number of amides is 1. The van der Waals surface area contributed by atoms with Crippen molar-refractivity contribution < 1.29 is 4.79 Å². The van der Waals surface area contributed by atoms with Crippen molar-refractivity contribution in [3.05, 3.63) is 0 Å². The van der Waals surface area contributed by atoms with E-state index in [1.807, 2.05) is 0 Å². The average Bonchev–Trinajstić information content (AvgIpc) is 2.55. The number of nitrogens with zero attached hydrogens (tertiary/aromatic N) is 1. The van der Waals surface area contributed by atoms with Crippen molar-refractivity contribution >= 4 is 35.8 Å². The van der Waals surface area contributed by atoms with Crippen molar-refractivity contribution in [2.24, 2.45) is 10.4 Å². The molecule has 2 aliphatic rings. The highest BCUT2D eigenvalue weighted by Crippen LogP contribution is 2.43. The second-order valence-electron chi connectivity index (χ2n) is 7.48. The van der Waals surface area contributed by atoms with Gasteiger partial charge in [0.05, 0.1) is 0 Å². The van der Waals surface area contributed by atoms with Gasteiger partial charge >= 0.3 is 0 Å². The zero-order valence-electron chi connectivity index (χ0n) is 16.0. The van der Waals surface area contributed by atoms with E-state index < -0.39 is 0 Å². The monoisotopic (exact) mass is 464 g/mol. The average molecular weight is 464 g/mol.